The van der Waals surface area contributed by atoms with E-state index < -0.39 is 20.0 Å². The number of hydrogen-bond donors (Lipinski definition) is 3. The van der Waals surface area contributed by atoms with Crippen LogP contribution in [0, 0.1) is 11.8 Å². The molecule has 67 heavy (non-hydrogen) atoms. The summed E-state index contributed by atoms with van der Waals surface area (Å²) in [7, 11) is 2.42. The van der Waals surface area contributed by atoms with Crippen molar-refractivity contribution in [3.05, 3.63) is 93.0 Å². The summed E-state index contributed by atoms with van der Waals surface area (Å²) < 4.78 is 61.5. The van der Waals surface area contributed by atoms with Crippen LogP contribution < -0.4 is 25.0 Å². The third-order valence-corrected chi connectivity index (χ3v) is 14.0. The number of ketones is 1. The summed E-state index contributed by atoms with van der Waals surface area (Å²) in [6.45, 7) is 1.39. The molecule has 4 aliphatic rings. The molecule has 0 atom stereocenters. The lowest BCUT2D eigenvalue weighted by Crippen LogP contribution is -2.26. The van der Waals surface area contributed by atoms with Gasteiger partial charge >= 0.3 is 0 Å². The fourth-order valence-corrected chi connectivity index (χ4v) is 8.56. The zero-order valence-corrected chi connectivity index (χ0v) is 41.1. The number of nitrogens with two attached hydrogens (primary N) is 1. The first-order chi connectivity index (χ1) is 31.5. The highest BCUT2D eigenvalue weighted by Gasteiger charge is 2.34. The second-order valence-electron chi connectivity index (χ2n) is 17.0. The molecule has 360 valence electrons. The summed E-state index contributed by atoms with van der Waals surface area (Å²) in [6, 6.07) is 13.9. The molecule has 4 N–H and O–H groups in total. The quantitative estimate of drug-likeness (QED) is 0.126. The number of ether oxygens (including phenoxy) is 2. The smallest absolute Gasteiger partial charge is 0.257 e. The van der Waals surface area contributed by atoms with Gasteiger partial charge in [-0.05, 0) is 73.2 Å². The van der Waals surface area contributed by atoms with E-state index in [2.05, 4.69) is 20.6 Å². The molecule has 4 aromatic rings. The average Bonchev–Trinajstić information content (AvgIpc) is 4.19. The van der Waals surface area contributed by atoms with E-state index in [1.165, 1.54) is 22.7 Å². The highest BCUT2D eigenvalue weighted by Crippen LogP contribution is 2.38. The highest BCUT2D eigenvalue weighted by molar-refractivity contribution is 7.92. The Labute approximate surface area is 396 Å². The molecule has 2 aliphatic carbocycles. The van der Waals surface area contributed by atoms with E-state index in [4.69, 9.17) is 26.8 Å². The largest absolute Gasteiger partial charge is 0.380 e. The molecule has 3 amide bonds. The van der Waals surface area contributed by atoms with Crippen molar-refractivity contribution in [3.63, 3.8) is 0 Å². The van der Waals surface area contributed by atoms with Gasteiger partial charge in [-0.25, -0.2) is 21.8 Å². The predicted molar refractivity (Wildman–Crippen MR) is 256 cm³/mol. The zero-order valence-electron chi connectivity index (χ0n) is 38.7. The second-order valence-corrected chi connectivity index (χ2v) is 21.4. The lowest BCUT2D eigenvalue weighted by Gasteiger charge is -2.23. The number of sulfonamides is 2. The van der Waals surface area contributed by atoms with Crippen molar-refractivity contribution in [1.82, 2.24) is 19.8 Å². The van der Waals surface area contributed by atoms with Crippen molar-refractivity contribution in [3.8, 4) is 0 Å². The van der Waals surface area contributed by atoms with Gasteiger partial charge in [-0.2, -0.15) is 0 Å². The van der Waals surface area contributed by atoms with Crippen LogP contribution in [0.4, 0.5) is 34.1 Å². The van der Waals surface area contributed by atoms with Gasteiger partial charge in [0.15, 0.2) is 0 Å². The third kappa shape index (κ3) is 12.4. The maximum atomic E-state index is 12.8. The number of nitrogens with zero attached hydrogens (tertiary/aromatic N) is 6. The predicted octanol–water partition coefficient (Wildman–Crippen LogP) is 4.96. The molecule has 2 fully saturated rings. The fraction of sp³-hybridized carbons (Fsp3) is 0.422. The van der Waals surface area contributed by atoms with Crippen LogP contribution in [0.2, 0.25) is 5.15 Å². The van der Waals surface area contributed by atoms with E-state index in [1.807, 2.05) is 12.1 Å². The van der Waals surface area contributed by atoms with E-state index >= 15 is 0 Å². The summed E-state index contributed by atoms with van der Waals surface area (Å²) in [4.78, 5) is 59.7. The molecule has 2 aliphatic heterocycles. The van der Waals surface area contributed by atoms with Crippen molar-refractivity contribution in [2.75, 3.05) is 74.2 Å². The summed E-state index contributed by atoms with van der Waals surface area (Å²) in [6.07, 6.45) is 6.36. The van der Waals surface area contributed by atoms with Crippen LogP contribution in [0.15, 0.2) is 48.5 Å². The number of benzene rings is 2. The lowest BCUT2D eigenvalue weighted by molar-refractivity contribution is -0.120. The molecule has 0 spiro atoms. The number of carbonyl (C=O) groups is 4. The Morgan fingerprint density at radius 3 is 1.54 bits per heavy atom. The molecular formula is C45H56ClN9O10S2. The van der Waals surface area contributed by atoms with Gasteiger partial charge in [-0.15, -0.1) is 0 Å². The first-order valence-corrected chi connectivity index (χ1v) is 25.3. The normalized spacial score (nSPS) is 15.2. The fourth-order valence-electron chi connectivity index (χ4n) is 7.33. The maximum Gasteiger partial charge on any atom is 0.257 e. The monoisotopic (exact) mass is 981 g/mol. The lowest BCUT2D eigenvalue weighted by atomic mass is 10.1. The highest BCUT2D eigenvalue weighted by atomic mass is 35.5. The minimum absolute atomic E-state index is 0.115. The summed E-state index contributed by atoms with van der Waals surface area (Å²) in [5.74, 6) is 0.0429. The van der Waals surface area contributed by atoms with Crippen LogP contribution >= 0.6 is 11.6 Å². The zero-order chi connectivity index (χ0) is 49.1. The summed E-state index contributed by atoms with van der Waals surface area (Å²) in [5, 5.41) is 6.68. The molecule has 2 saturated carbocycles. The van der Waals surface area contributed by atoms with Crippen molar-refractivity contribution in [2.45, 2.75) is 58.4 Å². The van der Waals surface area contributed by atoms with E-state index in [1.54, 1.807) is 74.5 Å². The maximum absolute atomic E-state index is 12.8. The molecule has 2 aromatic heterocycles. The van der Waals surface area contributed by atoms with Crippen LogP contribution in [0.3, 0.4) is 0 Å². The van der Waals surface area contributed by atoms with Crippen LogP contribution in [0.25, 0.3) is 0 Å². The second kappa shape index (κ2) is 20.6. The van der Waals surface area contributed by atoms with Crippen molar-refractivity contribution in [2.24, 2.45) is 17.6 Å². The van der Waals surface area contributed by atoms with Crippen LogP contribution in [-0.2, 0) is 71.8 Å². The Bertz CT molecular complexity index is 2820. The number of pyridine rings is 2. The number of methoxy groups -OCH3 is 2. The number of anilines is 6. The molecule has 0 bridgehead atoms. The molecule has 0 unspecified atom stereocenters. The molecule has 0 radical (unpaired) electrons. The summed E-state index contributed by atoms with van der Waals surface area (Å²) >= 11 is 6.13. The molecule has 22 heteroatoms. The van der Waals surface area contributed by atoms with Gasteiger partial charge in [0.1, 0.15) is 10.9 Å². The van der Waals surface area contributed by atoms with Crippen molar-refractivity contribution < 1.29 is 45.5 Å². The Kier molecular flexibility index (Phi) is 15.5. The standard InChI is InChI=1S/C23H28N4O5S.C18H21ClN4O4S.C4H7NO/c1-26-12-19-22(23(26)29)18(10-16(24-19)11-21(28)15-6-7-15)25-17-8-5-14(13-32-3)9-20(17)27(2)33(4,30)31;1-22-9-14-17(18(22)24)13(8-16(19)21-14)20-12-6-5-11(10-27-3)7-15(12)23(2)28(4,25)26;5-4(6)3-1-2-3/h5,8-10,15H,6-7,11-13H2,1-4H3,(H,24,25);5-8H,9-10H2,1-4H3,(H,20,21);3H,1-2H2,(H2,5,6). The SMILES string of the molecule is COCc1ccc(Nc2cc(CC(=O)C3CC3)nc3c2C(=O)N(C)C3)c(N(C)S(C)(=O)=O)c1.COCc1ccc(Nc2cc(Cl)nc3c2C(=O)N(C)C3)c(N(C)S(C)(=O)=O)c1.NC(=O)C1CC1. The van der Waals surface area contributed by atoms with Crippen molar-refractivity contribution in [1.29, 1.82) is 0 Å². The topological polar surface area (TPSA) is 244 Å². The molecule has 19 nitrogen and oxygen atoms in total. The number of Topliss-reactive ketones (excluding diaryl/α,β-unsaturated/α-hetero) is 1. The molecule has 4 heterocycles. The van der Waals surface area contributed by atoms with Crippen LogP contribution in [-0.4, -0.2) is 115 Å². The Hall–Kier alpha value is -5.87. The Morgan fingerprint density at radius 1 is 0.716 bits per heavy atom. The van der Waals surface area contributed by atoms with Crippen LogP contribution in [0.5, 0.6) is 0 Å². The number of carbonyl (C=O) groups excluding carboxylic acids is 4. The molecular weight excluding hydrogens is 926 g/mol. The Balaban J connectivity index is 0.000000198. The van der Waals surface area contributed by atoms with Gasteiger partial charge in [0.05, 0.1) is 101 Å². The number of primary amides is 1. The van der Waals surface area contributed by atoms with E-state index in [9.17, 15) is 36.0 Å². The van der Waals surface area contributed by atoms with E-state index in [0.717, 1.165) is 49.3 Å². The number of rotatable bonds is 16. The molecule has 8 rings (SSSR count). The van der Waals surface area contributed by atoms with Crippen LogP contribution in [0.1, 0.15) is 74.6 Å². The van der Waals surface area contributed by atoms with Gasteiger partial charge in [-0.3, -0.25) is 32.8 Å². The minimum Gasteiger partial charge on any atom is -0.380 e. The van der Waals surface area contributed by atoms with E-state index in [-0.39, 0.29) is 46.9 Å². The Morgan fingerprint density at radius 2 is 1.15 bits per heavy atom. The first-order valence-electron chi connectivity index (χ1n) is 21.2. The number of amides is 3. The third-order valence-electron chi connectivity index (χ3n) is 11.4. The van der Waals surface area contributed by atoms with Gasteiger partial charge in [0.25, 0.3) is 11.8 Å². The minimum atomic E-state index is -3.54. The van der Waals surface area contributed by atoms with Gasteiger partial charge in [0, 0.05) is 60.7 Å². The number of hydrogen-bond acceptors (Lipinski definition) is 14. The number of aromatic nitrogens is 2. The number of fused-ring (bicyclic) bond motifs is 2. The van der Waals surface area contributed by atoms with Crippen molar-refractivity contribution >= 4 is 89.3 Å². The summed E-state index contributed by atoms with van der Waals surface area (Å²) in [5.41, 5.74) is 12.0. The average molecular weight is 983 g/mol. The number of halogens is 1. The molecule has 2 aromatic carbocycles. The van der Waals surface area contributed by atoms with E-state index in [0.29, 0.717) is 88.6 Å². The molecule has 0 saturated heterocycles. The number of nitrogens with one attached hydrogen (secondary N) is 2. The van der Waals surface area contributed by atoms with Gasteiger partial charge < -0.3 is 35.6 Å². The van der Waals surface area contributed by atoms with Gasteiger partial charge in [0.2, 0.25) is 26.0 Å². The van der Waals surface area contributed by atoms with Gasteiger partial charge in [-0.1, -0.05) is 23.7 Å². The first kappa shape index (κ1) is 50.5.